The van der Waals surface area contributed by atoms with Gasteiger partial charge in [-0.05, 0) is 27.7 Å². The zero-order valence-electron chi connectivity index (χ0n) is 11.0. The van der Waals surface area contributed by atoms with E-state index in [1.165, 1.54) is 0 Å². The fourth-order valence-electron chi connectivity index (χ4n) is 1.66. The number of piperazine rings is 1. The molecule has 0 aromatic rings. The number of rotatable bonds is 0. The number of hydrogen-bond donors (Lipinski definition) is 1. The summed E-state index contributed by atoms with van der Waals surface area (Å²) in [6.45, 7) is 5.94. The predicted molar refractivity (Wildman–Crippen MR) is 60.3 cm³/mol. The second-order valence-electron chi connectivity index (χ2n) is 5.66. The van der Waals surface area contributed by atoms with Crippen molar-refractivity contribution in [3.8, 4) is 0 Å². The smallest absolute Gasteiger partial charge is 0.410 e. The molecule has 18 heavy (non-hydrogen) atoms. The maximum absolute atomic E-state index is 12.9. The van der Waals surface area contributed by atoms with Gasteiger partial charge in [-0.25, -0.2) is 4.79 Å². The molecule has 1 heterocycles. The van der Waals surface area contributed by atoms with Gasteiger partial charge in [0.1, 0.15) is 11.1 Å². The summed E-state index contributed by atoms with van der Waals surface area (Å²) in [7, 11) is 0. The zero-order valence-corrected chi connectivity index (χ0v) is 11.0. The molecular formula is C11H19F3N2O2. The van der Waals surface area contributed by atoms with Gasteiger partial charge in [0, 0.05) is 13.1 Å². The highest BCUT2D eigenvalue weighted by molar-refractivity contribution is 5.68. The summed E-state index contributed by atoms with van der Waals surface area (Å²) < 4.78 is 43.7. The number of amides is 1. The highest BCUT2D eigenvalue weighted by Gasteiger charge is 2.54. The zero-order chi connectivity index (χ0) is 14.2. The van der Waals surface area contributed by atoms with Crippen molar-refractivity contribution in [2.45, 2.75) is 45.0 Å². The maximum Gasteiger partial charge on any atom is 0.410 e. The summed E-state index contributed by atoms with van der Waals surface area (Å²) in [5.41, 5.74) is -2.79. The van der Waals surface area contributed by atoms with Gasteiger partial charge in [0.15, 0.2) is 0 Å². The van der Waals surface area contributed by atoms with Gasteiger partial charge >= 0.3 is 12.3 Å². The molecule has 0 aromatic carbocycles. The van der Waals surface area contributed by atoms with Crippen molar-refractivity contribution in [3.05, 3.63) is 0 Å². The molecule has 7 heteroatoms. The SMILES string of the molecule is CC(C)(C)OC(=O)N1CCN[C@](C)(C(F)(F)F)C1. The molecule has 0 radical (unpaired) electrons. The third-order valence-corrected chi connectivity index (χ3v) is 2.68. The fourth-order valence-corrected chi connectivity index (χ4v) is 1.66. The molecule has 1 aliphatic heterocycles. The highest BCUT2D eigenvalue weighted by atomic mass is 19.4. The summed E-state index contributed by atoms with van der Waals surface area (Å²) >= 11 is 0. The van der Waals surface area contributed by atoms with Gasteiger partial charge in [-0.15, -0.1) is 0 Å². The lowest BCUT2D eigenvalue weighted by Gasteiger charge is -2.42. The van der Waals surface area contributed by atoms with Crippen LogP contribution in [0.3, 0.4) is 0 Å². The van der Waals surface area contributed by atoms with Crippen LogP contribution in [-0.4, -0.2) is 47.9 Å². The van der Waals surface area contributed by atoms with Gasteiger partial charge in [-0.2, -0.15) is 13.2 Å². The van der Waals surface area contributed by atoms with Crippen LogP contribution in [0.1, 0.15) is 27.7 Å². The maximum atomic E-state index is 12.9. The molecule has 1 atom stereocenters. The van der Waals surface area contributed by atoms with Gasteiger partial charge in [-0.1, -0.05) is 0 Å². The molecule has 1 amide bonds. The van der Waals surface area contributed by atoms with E-state index >= 15 is 0 Å². The molecule has 4 nitrogen and oxygen atoms in total. The molecule has 1 rings (SSSR count). The van der Waals surface area contributed by atoms with Crippen molar-refractivity contribution in [3.63, 3.8) is 0 Å². The average molecular weight is 268 g/mol. The van der Waals surface area contributed by atoms with Gasteiger partial charge in [0.05, 0.1) is 6.54 Å². The number of alkyl halides is 3. The molecule has 0 aromatic heterocycles. The third-order valence-electron chi connectivity index (χ3n) is 2.68. The minimum Gasteiger partial charge on any atom is -0.444 e. The highest BCUT2D eigenvalue weighted by Crippen LogP contribution is 2.32. The molecule has 106 valence electrons. The van der Waals surface area contributed by atoms with Crippen molar-refractivity contribution < 1.29 is 22.7 Å². The summed E-state index contributed by atoms with van der Waals surface area (Å²) in [5.74, 6) is 0. The fraction of sp³-hybridized carbons (Fsp3) is 0.909. The van der Waals surface area contributed by atoms with E-state index in [0.717, 1.165) is 11.8 Å². The molecule has 0 aliphatic carbocycles. The Morgan fingerprint density at radius 1 is 1.33 bits per heavy atom. The number of halogens is 3. The second kappa shape index (κ2) is 4.60. The van der Waals surface area contributed by atoms with E-state index in [1.807, 2.05) is 0 Å². The second-order valence-corrected chi connectivity index (χ2v) is 5.66. The van der Waals surface area contributed by atoms with Crippen LogP contribution < -0.4 is 5.32 Å². The third kappa shape index (κ3) is 3.51. The lowest BCUT2D eigenvalue weighted by molar-refractivity contribution is -0.200. The van der Waals surface area contributed by atoms with Crippen LogP contribution >= 0.6 is 0 Å². The Kier molecular flexibility index (Phi) is 3.86. The van der Waals surface area contributed by atoms with Gasteiger partial charge in [0.25, 0.3) is 0 Å². The quantitative estimate of drug-likeness (QED) is 0.732. The van der Waals surface area contributed by atoms with E-state index in [0.29, 0.717) is 0 Å². The Morgan fingerprint density at radius 2 is 1.89 bits per heavy atom. The minimum absolute atomic E-state index is 0.0925. The van der Waals surface area contributed by atoms with Crippen LogP contribution in [0.4, 0.5) is 18.0 Å². The number of nitrogens with one attached hydrogen (secondary N) is 1. The first-order valence-electron chi connectivity index (χ1n) is 5.74. The van der Waals surface area contributed by atoms with E-state index in [-0.39, 0.29) is 13.1 Å². The largest absolute Gasteiger partial charge is 0.444 e. The van der Waals surface area contributed by atoms with Gasteiger partial charge < -0.3 is 15.0 Å². The van der Waals surface area contributed by atoms with Crippen molar-refractivity contribution in [1.82, 2.24) is 10.2 Å². The van der Waals surface area contributed by atoms with Crippen molar-refractivity contribution in [1.29, 1.82) is 0 Å². The Morgan fingerprint density at radius 3 is 2.33 bits per heavy atom. The topological polar surface area (TPSA) is 41.6 Å². The Labute approximate surface area is 104 Å². The van der Waals surface area contributed by atoms with E-state index < -0.39 is 30.0 Å². The van der Waals surface area contributed by atoms with Crippen molar-refractivity contribution in [2.24, 2.45) is 0 Å². The first kappa shape index (κ1) is 15.1. The lowest BCUT2D eigenvalue weighted by atomic mass is 9.99. The van der Waals surface area contributed by atoms with Crippen molar-refractivity contribution in [2.75, 3.05) is 19.6 Å². The molecule has 0 saturated carbocycles. The van der Waals surface area contributed by atoms with Crippen LogP contribution in [0.25, 0.3) is 0 Å². The average Bonchev–Trinajstić information content (AvgIpc) is 2.13. The predicted octanol–water partition coefficient (Wildman–Crippen LogP) is 2.15. The summed E-state index contributed by atoms with van der Waals surface area (Å²) in [6.07, 6.45) is -5.12. The van der Waals surface area contributed by atoms with Crippen LogP contribution in [0.5, 0.6) is 0 Å². The molecule has 1 N–H and O–H groups in total. The summed E-state index contributed by atoms with van der Waals surface area (Å²) in [6, 6.07) is 0. The minimum atomic E-state index is -4.41. The number of ether oxygens (including phenoxy) is 1. The first-order valence-corrected chi connectivity index (χ1v) is 5.74. The number of nitrogens with zero attached hydrogens (tertiary/aromatic N) is 1. The lowest BCUT2D eigenvalue weighted by Crippen LogP contribution is -2.66. The summed E-state index contributed by atoms with van der Waals surface area (Å²) in [4.78, 5) is 12.8. The molecule has 1 saturated heterocycles. The molecule has 1 aliphatic rings. The van der Waals surface area contributed by atoms with Crippen LogP contribution in [0.15, 0.2) is 0 Å². The monoisotopic (exact) mass is 268 g/mol. The molecule has 0 spiro atoms. The Balaban J connectivity index is 2.73. The Hall–Kier alpha value is -0.980. The molecular weight excluding hydrogens is 249 g/mol. The number of carbonyl (C=O) groups is 1. The molecule has 1 fully saturated rings. The van der Waals surface area contributed by atoms with Crippen LogP contribution in [-0.2, 0) is 4.74 Å². The number of carbonyl (C=O) groups excluding carboxylic acids is 1. The van der Waals surface area contributed by atoms with Crippen LogP contribution in [0.2, 0.25) is 0 Å². The molecule has 0 unspecified atom stereocenters. The van der Waals surface area contributed by atoms with E-state index in [2.05, 4.69) is 5.32 Å². The normalized spacial score (nSPS) is 26.1. The standard InChI is InChI=1S/C11H19F3N2O2/c1-9(2,3)18-8(17)16-6-5-15-10(4,7-16)11(12,13)14/h15H,5-7H2,1-4H3/t10-/m0/s1. The van der Waals surface area contributed by atoms with E-state index in [9.17, 15) is 18.0 Å². The number of hydrogen-bond acceptors (Lipinski definition) is 3. The van der Waals surface area contributed by atoms with E-state index in [1.54, 1.807) is 20.8 Å². The molecule has 0 bridgehead atoms. The van der Waals surface area contributed by atoms with Gasteiger partial charge in [-0.3, -0.25) is 0 Å². The first-order chi connectivity index (χ1) is 7.95. The summed E-state index contributed by atoms with van der Waals surface area (Å²) in [5, 5.41) is 2.41. The van der Waals surface area contributed by atoms with Crippen LogP contribution in [0, 0.1) is 0 Å². The van der Waals surface area contributed by atoms with E-state index in [4.69, 9.17) is 4.74 Å². The Bertz CT molecular complexity index is 325. The van der Waals surface area contributed by atoms with Crippen molar-refractivity contribution >= 4 is 6.09 Å². The van der Waals surface area contributed by atoms with Gasteiger partial charge in [0.2, 0.25) is 0 Å².